The fraction of sp³-hybridized carbons (Fsp3) is 0.933. The second-order valence-electron chi connectivity index (χ2n) is 6.91. The molecule has 0 aromatic rings. The second kappa shape index (κ2) is 9.45. The molecular formula is C15H33N2O2+. The molecule has 0 fully saturated rings. The summed E-state index contributed by atoms with van der Waals surface area (Å²) in [5, 5.41) is 13.0. The van der Waals surface area contributed by atoms with E-state index in [0.717, 1.165) is 30.4 Å². The van der Waals surface area contributed by atoms with E-state index in [1.54, 1.807) is 0 Å². The molecule has 0 rings (SSSR count). The largest absolute Gasteiger partial charge is 0.386 e. The smallest absolute Gasteiger partial charge is 0.132 e. The SMILES string of the molecule is CC(C)CCC(=O)CCCNCC(O)C[N+](C)(C)C. The summed E-state index contributed by atoms with van der Waals surface area (Å²) in [6.45, 7) is 6.44. The minimum Gasteiger partial charge on any atom is -0.386 e. The van der Waals surface area contributed by atoms with Crippen LogP contribution in [0.3, 0.4) is 0 Å². The van der Waals surface area contributed by atoms with E-state index in [-0.39, 0.29) is 6.10 Å². The van der Waals surface area contributed by atoms with Gasteiger partial charge in [-0.05, 0) is 25.3 Å². The second-order valence-corrected chi connectivity index (χ2v) is 6.91. The summed E-state index contributed by atoms with van der Waals surface area (Å²) in [5.41, 5.74) is 0. The van der Waals surface area contributed by atoms with Crippen LogP contribution in [0.5, 0.6) is 0 Å². The van der Waals surface area contributed by atoms with Gasteiger partial charge in [-0.15, -0.1) is 0 Å². The quantitative estimate of drug-likeness (QED) is 0.442. The maximum absolute atomic E-state index is 11.6. The Balaban J connectivity index is 3.47. The molecule has 0 aromatic carbocycles. The number of nitrogens with one attached hydrogen (secondary N) is 1. The highest BCUT2D eigenvalue weighted by molar-refractivity contribution is 5.78. The summed E-state index contributed by atoms with van der Waals surface area (Å²) >= 11 is 0. The molecule has 2 N–H and O–H groups in total. The molecule has 0 saturated heterocycles. The molecule has 0 aromatic heterocycles. The summed E-state index contributed by atoms with van der Waals surface area (Å²) in [7, 11) is 6.20. The van der Waals surface area contributed by atoms with Crippen molar-refractivity contribution in [2.75, 3.05) is 40.8 Å². The van der Waals surface area contributed by atoms with Crippen molar-refractivity contribution in [1.82, 2.24) is 5.32 Å². The number of hydrogen-bond acceptors (Lipinski definition) is 3. The van der Waals surface area contributed by atoms with Crippen molar-refractivity contribution in [3.63, 3.8) is 0 Å². The summed E-state index contributed by atoms with van der Waals surface area (Å²) in [4.78, 5) is 11.6. The van der Waals surface area contributed by atoms with E-state index in [0.29, 0.717) is 31.1 Å². The summed E-state index contributed by atoms with van der Waals surface area (Å²) in [6.07, 6.45) is 2.91. The van der Waals surface area contributed by atoms with Crippen molar-refractivity contribution in [2.45, 2.75) is 45.6 Å². The van der Waals surface area contributed by atoms with E-state index >= 15 is 0 Å². The topological polar surface area (TPSA) is 49.3 Å². The van der Waals surface area contributed by atoms with Crippen LogP contribution < -0.4 is 5.32 Å². The third-order valence-electron chi connectivity index (χ3n) is 2.95. The standard InChI is InChI=1S/C15H33N2O2/c1-13(2)8-9-14(18)7-6-10-16-11-15(19)12-17(3,4)5/h13,15-16,19H,6-12H2,1-5H3/q+1. The highest BCUT2D eigenvalue weighted by Crippen LogP contribution is 2.06. The van der Waals surface area contributed by atoms with Crippen molar-refractivity contribution in [3.05, 3.63) is 0 Å². The molecule has 114 valence electrons. The Morgan fingerprint density at radius 2 is 1.84 bits per heavy atom. The zero-order valence-corrected chi connectivity index (χ0v) is 13.4. The third kappa shape index (κ3) is 13.8. The van der Waals surface area contributed by atoms with Crippen LogP contribution >= 0.6 is 0 Å². The first-order valence-electron chi connectivity index (χ1n) is 7.41. The van der Waals surface area contributed by atoms with E-state index in [4.69, 9.17) is 0 Å². The fourth-order valence-electron chi connectivity index (χ4n) is 1.95. The van der Waals surface area contributed by atoms with Gasteiger partial charge in [0, 0.05) is 19.4 Å². The zero-order chi connectivity index (χ0) is 14.9. The average molecular weight is 273 g/mol. The van der Waals surface area contributed by atoms with Crippen LogP contribution in [0.4, 0.5) is 0 Å². The number of nitrogens with zero attached hydrogens (tertiary/aromatic N) is 1. The zero-order valence-electron chi connectivity index (χ0n) is 13.4. The molecule has 0 aliphatic rings. The molecular weight excluding hydrogens is 240 g/mol. The molecule has 0 radical (unpaired) electrons. The number of hydrogen-bond donors (Lipinski definition) is 2. The summed E-state index contributed by atoms with van der Waals surface area (Å²) in [6, 6.07) is 0. The van der Waals surface area contributed by atoms with Gasteiger partial charge < -0.3 is 14.9 Å². The van der Waals surface area contributed by atoms with Crippen LogP contribution in [0, 0.1) is 5.92 Å². The first kappa shape index (κ1) is 18.6. The Hall–Kier alpha value is -0.450. The van der Waals surface area contributed by atoms with Crippen LogP contribution in [0.2, 0.25) is 0 Å². The van der Waals surface area contributed by atoms with Gasteiger partial charge in [-0.25, -0.2) is 0 Å². The van der Waals surface area contributed by atoms with Gasteiger partial charge in [0.2, 0.25) is 0 Å². The predicted octanol–water partition coefficient (Wildman–Crippen LogP) is 1.43. The van der Waals surface area contributed by atoms with Gasteiger partial charge >= 0.3 is 0 Å². The van der Waals surface area contributed by atoms with Crippen molar-refractivity contribution in [3.8, 4) is 0 Å². The van der Waals surface area contributed by atoms with Crippen LogP contribution in [0.25, 0.3) is 0 Å². The molecule has 4 heteroatoms. The lowest BCUT2D eigenvalue weighted by molar-refractivity contribution is -0.873. The number of ketones is 1. The number of rotatable bonds is 11. The Kier molecular flexibility index (Phi) is 9.23. The minimum atomic E-state index is -0.323. The number of quaternary nitrogens is 1. The number of aliphatic hydroxyl groups excluding tert-OH is 1. The molecule has 0 aliphatic carbocycles. The normalized spacial score (nSPS) is 13.8. The lowest BCUT2D eigenvalue weighted by Gasteiger charge is -2.26. The average Bonchev–Trinajstić information content (AvgIpc) is 2.23. The summed E-state index contributed by atoms with van der Waals surface area (Å²) < 4.78 is 0.760. The van der Waals surface area contributed by atoms with Gasteiger partial charge in [-0.1, -0.05) is 13.8 Å². The highest BCUT2D eigenvalue weighted by Gasteiger charge is 2.14. The van der Waals surface area contributed by atoms with Gasteiger partial charge in [0.25, 0.3) is 0 Å². The van der Waals surface area contributed by atoms with Crippen molar-refractivity contribution in [1.29, 1.82) is 0 Å². The van der Waals surface area contributed by atoms with Crippen LogP contribution in [0.1, 0.15) is 39.5 Å². The first-order valence-corrected chi connectivity index (χ1v) is 7.41. The lowest BCUT2D eigenvalue weighted by Crippen LogP contribution is -2.45. The molecule has 0 aliphatic heterocycles. The van der Waals surface area contributed by atoms with E-state index in [1.807, 2.05) is 0 Å². The van der Waals surface area contributed by atoms with Gasteiger partial charge in [-0.3, -0.25) is 4.79 Å². The van der Waals surface area contributed by atoms with Crippen LogP contribution in [-0.2, 0) is 4.79 Å². The Labute approximate surface area is 118 Å². The fourth-order valence-corrected chi connectivity index (χ4v) is 1.95. The maximum atomic E-state index is 11.6. The highest BCUT2D eigenvalue weighted by atomic mass is 16.3. The number of carbonyl (C=O) groups excluding carboxylic acids is 1. The molecule has 0 heterocycles. The maximum Gasteiger partial charge on any atom is 0.132 e. The van der Waals surface area contributed by atoms with E-state index in [9.17, 15) is 9.90 Å². The molecule has 0 saturated carbocycles. The number of Topliss-reactive ketones (excluding diaryl/α,β-unsaturated/α-hetero) is 1. The molecule has 0 amide bonds. The molecule has 1 unspecified atom stereocenters. The summed E-state index contributed by atoms with van der Waals surface area (Å²) in [5.74, 6) is 0.968. The van der Waals surface area contributed by atoms with E-state index < -0.39 is 0 Å². The molecule has 4 nitrogen and oxygen atoms in total. The molecule has 0 spiro atoms. The minimum absolute atomic E-state index is 0.323. The number of aliphatic hydroxyl groups is 1. The molecule has 1 atom stereocenters. The Morgan fingerprint density at radius 1 is 1.21 bits per heavy atom. The van der Waals surface area contributed by atoms with Crippen molar-refractivity contribution >= 4 is 5.78 Å². The van der Waals surface area contributed by atoms with Gasteiger partial charge in [0.1, 0.15) is 18.4 Å². The van der Waals surface area contributed by atoms with Crippen molar-refractivity contribution in [2.24, 2.45) is 5.92 Å². The van der Waals surface area contributed by atoms with Gasteiger partial charge in [-0.2, -0.15) is 0 Å². The lowest BCUT2D eigenvalue weighted by atomic mass is 10.0. The first-order chi connectivity index (χ1) is 8.70. The molecule has 19 heavy (non-hydrogen) atoms. The molecule has 0 bridgehead atoms. The van der Waals surface area contributed by atoms with Crippen LogP contribution in [0.15, 0.2) is 0 Å². The van der Waals surface area contributed by atoms with Crippen LogP contribution in [-0.4, -0.2) is 62.3 Å². The number of likely N-dealkylation sites (N-methyl/N-ethyl adjacent to an activating group) is 1. The van der Waals surface area contributed by atoms with Crippen molar-refractivity contribution < 1.29 is 14.4 Å². The predicted molar refractivity (Wildman–Crippen MR) is 80.1 cm³/mol. The monoisotopic (exact) mass is 273 g/mol. The van der Waals surface area contributed by atoms with Gasteiger partial charge in [0.15, 0.2) is 0 Å². The Bertz CT molecular complexity index is 247. The van der Waals surface area contributed by atoms with E-state index in [2.05, 4.69) is 40.3 Å². The van der Waals surface area contributed by atoms with Gasteiger partial charge in [0.05, 0.1) is 21.1 Å². The Morgan fingerprint density at radius 3 is 2.37 bits per heavy atom. The third-order valence-corrected chi connectivity index (χ3v) is 2.95. The van der Waals surface area contributed by atoms with E-state index in [1.165, 1.54) is 0 Å². The number of carbonyl (C=O) groups is 1.